The largest absolute Gasteiger partial charge is 0.383 e. The first-order valence-electron chi connectivity index (χ1n) is 11.2. The number of nitrogens with one attached hydrogen (secondary N) is 2. The number of nitrogen functional groups attached to an aromatic ring is 1. The van der Waals surface area contributed by atoms with E-state index in [1.165, 1.54) is 25.0 Å². The van der Waals surface area contributed by atoms with Crippen molar-refractivity contribution in [1.82, 2.24) is 35.3 Å². The number of nitrogens with zero attached hydrogens (tertiary/aromatic N) is 6. The number of aromatic amines is 2. The number of H-pyrrole nitrogens is 2. The van der Waals surface area contributed by atoms with Crippen LogP contribution in [0.3, 0.4) is 0 Å². The van der Waals surface area contributed by atoms with Gasteiger partial charge in [0.05, 0.1) is 23.0 Å². The maximum atomic E-state index is 14.2. The Balaban J connectivity index is 1.43. The van der Waals surface area contributed by atoms with Crippen molar-refractivity contribution in [3.8, 4) is 11.3 Å². The molecule has 4 N–H and O–H groups in total. The summed E-state index contributed by atoms with van der Waals surface area (Å²) in [5.74, 6) is 1.15. The van der Waals surface area contributed by atoms with E-state index < -0.39 is 0 Å². The zero-order valence-corrected chi connectivity index (χ0v) is 18.8. The molecule has 0 atom stereocenters. The molecule has 0 spiro atoms. The van der Waals surface area contributed by atoms with Crippen LogP contribution >= 0.6 is 0 Å². The van der Waals surface area contributed by atoms with E-state index in [4.69, 9.17) is 5.73 Å². The van der Waals surface area contributed by atoms with Crippen LogP contribution in [0.1, 0.15) is 36.4 Å². The summed E-state index contributed by atoms with van der Waals surface area (Å²) < 4.78 is 14.2. The molecule has 9 nitrogen and oxygen atoms in total. The highest BCUT2D eigenvalue weighted by Crippen LogP contribution is 2.40. The summed E-state index contributed by atoms with van der Waals surface area (Å²) in [7, 11) is 4.07. The fraction of sp³-hybridized carbons (Fsp3) is 0.391. The Hall–Kier alpha value is -3.53. The third-order valence-corrected chi connectivity index (χ3v) is 5.98. The molecule has 0 unspecified atom stereocenters. The number of halogens is 1. The Morgan fingerprint density at radius 2 is 1.97 bits per heavy atom. The Kier molecular flexibility index (Phi) is 5.67. The maximum Gasteiger partial charge on any atom is 0.227 e. The first-order valence-corrected chi connectivity index (χ1v) is 11.2. The Bertz CT molecular complexity index is 1260. The van der Waals surface area contributed by atoms with E-state index in [1.807, 2.05) is 25.1 Å². The van der Waals surface area contributed by atoms with Gasteiger partial charge in [-0.2, -0.15) is 15.2 Å². The lowest BCUT2D eigenvalue weighted by Gasteiger charge is -2.24. The molecular formula is C23H28FN9. The molecular weight excluding hydrogens is 421 g/mol. The summed E-state index contributed by atoms with van der Waals surface area (Å²) in [5, 5.41) is 15.3. The maximum absolute atomic E-state index is 14.2. The van der Waals surface area contributed by atoms with E-state index in [1.54, 1.807) is 12.4 Å². The van der Waals surface area contributed by atoms with Crippen molar-refractivity contribution in [3.05, 3.63) is 47.7 Å². The minimum absolute atomic E-state index is 0.309. The van der Waals surface area contributed by atoms with Crippen LogP contribution in [0.4, 0.5) is 16.2 Å². The van der Waals surface area contributed by atoms with Crippen molar-refractivity contribution < 1.29 is 4.39 Å². The third-order valence-electron chi connectivity index (χ3n) is 5.98. The zero-order valence-electron chi connectivity index (χ0n) is 18.8. The second-order valence-corrected chi connectivity index (χ2v) is 8.93. The molecule has 1 fully saturated rings. The molecule has 172 valence electrons. The van der Waals surface area contributed by atoms with Crippen LogP contribution in [-0.2, 0) is 6.54 Å². The summed E-state index contributed by atoms with van der Waals surface area (Å²) in [4.78, 5) is 13.4. The first-order chi connectivity index (χ1) is 16.0. The van der Waals surface area contributed by atoms with E-state index >= 15 is 0 Å². The van der Waals surface area contributed by atoms with E-state index in [-0.39, 0.29) is 5.82 Å². The average Bonchev–Trinajstić information content (AvgIpc) is 3.31. The Labute approximate surface area is 191 Å². The Morgan fingerprint density at radius 1 is 1.12 bits per heavy atom. The number of rotatable bonds is 9. The highest BCUT2D eigenvalue weighted by Gasteiger charge is 2.26. The molecule has 1 saturated carbocycles. The van der Waals surface area contributed by atoms with Gasteiger partial charge in [-0.1, -0.05) is 0 Å². The predicted molar refractivity (Wildman–Crippen MR) is 126 cm³/mol. The predicted octanol–water partition coefficient (Wildman–Crippen LogP) is 3.30. The lowest BCUT2D eigenvalue weighted by molar-refractivity contribution is 0.399. The summed E-state index contributed by atoms with van der Waals surface area (Å²) in [6.07, 6.45) is 6.72. The van der Waals surface area contributed by atoms with Crippen LogP contribution in [0.15, 0.2) is 30.6 Å². The molecule has 3 aromatic heterocycles. The molecule has 0 amide bonds. The van der Waals surface area contributed by atoms with Gasteiger partial charge in [-0.25, -0.2) is 9.37 Å². The molecule has 0 aliphatic heterocycles. The van der Waals surface area contributed by atoms with Gasteiger partial charge in [-0.15, -0.1) is 0 Å². The monoisotopic (exact) mass is 449 g/mol. The molecule has 1 aliphatic rings. The number of benzene rings is 1. The van der Waals surface area contributed by atoms with Crippen molar-refractivity contribution in [2.45, 2.75) is 31.7 Å². The minimum Gasteiger partial charge on any atom is -0.383 e. The molecule has 0 saturated heterocycles. The van der Waals surface area contributed by atoms with Gasteiger partial charge in [0.2, 0.25) is 5.95 Å². The smallest absolute Gasteiger partial charge is 0.227 e. The molecule has 0 radical (unpaired) electrons. The van der Waals surface area contributed by atoms with E-state index in [2.05, 4.69) is 35.3 Å². The third kappa shape index (κ3) is 4.65. The van der Waals surface area contributed by atoms with Crippen LogP contribution in [0.2, 0.25) is 0 Å². The molecule has 3 heterocycles. The second-order valence-electron chi connectivity index (χ2n) is 8.93. The average molecular weight is 450 g/mol. The van der Waals surface area contributed by atoms with Crippen molar-refractivity contribution in [1.29, 1.82) is 0 Å². The highest BCUT2D eigenvalue weighted by atomic mass is 19.1. The fourth-order valence-corrected chi connectivity index (χ4v) is 4.06. The normalized spacial score (nSPS) is 13.8. The van der Waals surface area contributed by atoms with Crippen LogP contribution in [0, 0.1) is 5.82 Å². The lowest BCUT2D eigenvalue weighted by Crippen LogP contribution is -2.29. The first kappa shape index (κ1) is 21.3. The molecule has 1 aliphatic carbocycles. The minimum atomic E-state index is -0.309. The van der Waals surface area contributed by atoms with Gasteiger partial charge in [-0.3, -0.25) is 10.2 Å². The van der Waals surface area contributed by atoms with Crippen LogP contribution in [-0.4, -0.2) is 62.4 Å². The molecule has 0 bridgehead atoms. The fourth-order valence-electron chi connectivity index (χ4n) is 4.06. The van der Waals surface area contributed by atoms with Gasteiger partial charge in [0.25, 0.3) is 0 Å². The van der Waals surface area contributed by atoms with Gasteiger partial charge in [0.1, 0.15) is 11.6 Å². The van der Waals surface area contributed by atoms with Gasteiger partial charge in [0, 0.05) is 36.3 Å². The number of hydrogen-bond acceptors (Lipinski definition) is 7. The molecule has 1 aromatic carbocycles. The van der Waals surface area contributed by atoms with Crippen molar-refractivity contribution in [2.75, 3.05) is 37.8 Å². The number of aromatic nitrogens is 6. The summed E-state index contributed by atoms with van der Waals surface area (Å²) in [5.41, 5.74) is 10.4. The summed E-state index contributed by atoms with van der Waals surface area (Å²) >= 11 is 0. The zero-order chi connectivity index (χ0) is 22.9. The Morgan fingerprint density at radius 3 is 2.73 bits per heavy atom. The quantitative estimate of drug-likeness (QED) is 0.359. The van der Waals surface area contributed by atoms with Crippen LogP contribution in [0.5, 0.6) is 0 Å². The number of fused-ring (bicyclic) bond motifs is 1. The number of nitrogens with two attached hydrogens (primary N) is 1. The van der Waals surface area contributed by atoms with Crippen LogP contribution < -0.4 is 10.6 Å². The van der Waals surface area contributed by atoms with Gasteiger partial charge >= 0.3 is 0 Å². The summed E-state index contributed by atoms with van der Waals surface area (Å²) in [6.45, 7) is 2.04. The topological polar surface area (TPSA) is 116 Å². The standard InChI is InChI=1S/C23H28FN9/c1-32(2)6-3-7-33(13-15-8-16(24)9-20-17(15)12-27-29-20)23-26-11-18(22(25)28-23)21-10-19(30-31-21)14-4-5-14/h8-12,14H,3-7,13H2,1-2H3,(H,27,29)(H,30,31)(H2,25,26,28). The SMILES string of the molecule is CN(C)CCCN(Cc1cc(F)cc2[nH]ncc12)c1ncc(-c2cc(C3CC3)[nH]n2)c(N)n1. The van der Waals surface area contributed by atoms with Crippen LogP contribution in [0.25, 0.3) is 22.2 Å². The number of hydrogen-bond donors (Lipinski definition) is 3. The van der Waals surface area contributed by atoms with Gasteiger partial charge in [-0.05, 0) is 63.7 Å². The molecule has 33 heavy (non-hydrogen) atoms. The van der Waals surface area contributed by atoms with Crippen molar-refractivity contribution in [3.63, 3.8) is 0 Å². The van der Waals surface area contributed by atoms with Crippen molar-refractivity contribution in [2.24, 2.45) is 0 Å². The molecule has 10 heteroatoms. The van der Waals surface area contributed by atoms with E-state index in [9.17, 15) is 4.39 Å². The van der Waals surface area contributed by atoms with Crippen molar-refractivity contribution >= 4 is 22.7 Å². The lowest BCUT2D eigenvalue weighted by atomic mass is 10.1. The molecule has 5 rings (SSSR count). The van der Waals surface area contributed by atoms with Gasteiger partial charge in [0.15, 0.2) is 0 Å². The van der Waals surface area contributed by atoms with E-state index in [0.717, 1.165) is 35.3 Å². The van der Waals surface area contributed by atoms with Gasteiger partial charge < -0.3 is 15.5 Å². The molecule has 4 aromatic rings. The second kappa shape index (κ2) is 8.78. The summed E-state index contributed by atoms with van der Waals surface area (Å²) in [6, 6.07) is 5.02. The highest BCUT2D eigenvalue weighted by molar-refractivity contribution is 5.82. The van der Waals surface area contributed by atoms with E-state index in [0.29, 0.717) is 41.9 Å². The number of anilines is 2.